The van der Waals surface area contributed by atoms with Crippen molar-refractivity contribution in [1.29, 1.82) is 5.26 Å². The topological polar surface area (TPSA) is 91.8 Å². The lowest BCUT2D eigenvalue weighted by Crippen LogP contribution is -1.96. The van der Waals surface area contributed by atoms with E-state index in [1.807, 2.05) is 6.07 Å². The third-order valence-corrected chi connectivity index (χ3v) is 5.02. The van der Waals surface area contributed by atoms with Crippen LogP contribution in [0.1, 0.15) is 5.01 Å². The lowest BCUT2D eigenvalue weighted by molar-refractivity contribution is -0.385. The Balaban J connectivity index is 1.85. The number of anilines is 1. The van der Waals surface area contributed by atoms with Crippen molar-refractivity contribution in [1.82, 2.24) is 4.98 Å². The molecule has 1 aromatic heterocycles. The number of nitrogens with one attached hydrogen (secondary N) is 1. The summed E-state index contributed by atoms with van der Waals surface area (Å²) >= 11 is 13.3. The van der Waals surface area contributed by atoms with E-state index in [0.29, 0.717) is 26.3 Å². The monoisotopic (exact) mass is 434 g/mol. The molecule has 0 fully saturated rings. The maximum absolute atomic E-state index is 14.0. The van der Waals surface area contributed by atoms with Crippen molar-refractivity contribution in [2.24, 2.45) is 0 Å². The van der Waals surface area contributed by atoms with Gasteiger partial charge >= 0.3 is 0 Å². The molecule has 0 aliphatic rings. The highest BCUT2D eigenvalue weighted by Gasteiger charge is 2.13. The molecule has 0 amide bonds. The molecular weight excluding hydrogens is 426 g/mol. The van der Waals surface area contributed by atoms with Gasteiger partial charge in [-0.1, -0.05) is 23.2 Å². The highest BCUT2D eigenvalue weighted by Crippen LogP contribution is 2.32. The predicted molar refractivity (Wildman–Crippen MR) is 108 cm³/mol. The Morgan fingerprint density at radius 1 is 1.32 bits per heavy atom. The zero-order chi connectivity index (χ0) is 20.3. The van der Waals surface area contributed by atoms with Crippen LogP contribution in [0.4, 0.5) is 15.8 Å². The van der Waals surface area contributed by atoms with Gasteiger partial charge in [0, 0.05) is 28.2 Å². The molecule has 10 heteroatoms. The van der Waals surface area contributed by atoms with E-state index in [1.165, 1.54) is 23.6 Å². The summed E-state index contributed by atoms with van der Waals surface area (Å²) in [5.74, 6) is -0.810. The van der Waals surface area contributed by atoms with Gasteiger partial charge < -0.3 is 5.32 Å². The normalized spacial score (nSPS) is 11.1. The number of aromatic nitrogens is 1. The van der Waals surface area contributed by atoms with E-state index in [4.69, 9.17) is 23.2 Å². The fourth-order valence-corrected chi connectivity index (χ4v) is 3.54. The number of hydrogen-bond donors (Lipinski definition) is 1. The number of rotatable bonds is 5. The molecular formula is C18H9Cl2FN4O2S. The Morgan fingerprint density at radius 3 is 2.75 bits per heavy atom. The smallest absolute Gasteiger partial charge is 0.272 e. The molecule has 28 heavy (non-hydrogen) atoms. The van der Waals surface area contributed by atoms with Crippen LogP contribution in [0.5, 0.6) is 0 Å². The molecule has 2 aromatic carbocycles. The van der Waals surface area contributed by atoms with Crippen molar-refractivity contribution in [3.8, 4) is 17.3 Å². The zero-order valence-electron chi connectivity index (χ0n) is 13.8. The zero-order valence-corrected chi connectivity index (χ0v) is 16.1. The highest BCUT2D eigenvalue weighted by molar-refractivity contribution is 7.11. The van der Waals surface area contributed by atoms with E-state index >= 15 is 0 Å². The lowest BCUT2D eigenvalue weighted by Gasteiger charge is -2.03. The average molecular weight is 435 g/mol. The first-order valence-corrected chi connectivity index (χ1v) is 9.24. The number of hydrogen-bond acceptors (Lipinski definition) is 6. The fraction of sp³-hybridized carbons (Fsp3) is 0. The second-order valence-electron chi connectivity index (χ2n) is 5.40. The van der Waals surface area contributed by atoms with Crippen LogP contribution in [-0.2, 0) is 0 Å². The van der Waals surface area contributed by atoms with E-state index in [2.05, 4.69) is 10.3 Å². The van der Waals surface area contributed by atoms with Crippen LogP contribution < -0.4 is 5.32 Å². The van der Waals surface area contributed by atoms with Crippen LogP contribution in [0.2, 0.25) is 10.0 Å². The number of allylic oxidation sites excluding steroid dienone is 1. The third kappa shape index (κ3) is 4.28. The number of nitro benzene ring substituents is 1. The van der Waals surface area contributed by atoms with Crippen molar-refractivity contribution in [3.63, 3.8) is 0 Å². The molecule has 0 aliphatic heterocycles. The number of benzene rings is 2. The van der Waals surface area contributed by atoms with Crippen molar-refractivity contribution in [2.75, 3.05) is 5.32 Å². The molecule has 140 valence electrons. The number of halogens is 3. The average Bonchev–Trinajstić information content (AvgIpc) is 3.12. The number of nitrogens with zero attached hydrogens (tertiary/aromatic N) is 3. The van der Waals surface area contributed by atoms with Gasteiger partial charge in [-0.2, -0.15) is 5.26 Å². The van der Waals surface area contributed by atoms with E-state index in [1.54, 1.807) is 23.6 Å². The summed E-state index contributed by atoms with van der Waals surface area (Å²) in [6.45, 7) is 0. The van der Waals surface area contributed by atoms with Gasteiger partial charge in [0.1, 0.15) is 16.6 Å². The minimum atomic E-state index is -0.810. The van der Waals surface area contributed by atoms with Gasteiger partial charge in [0.15, 0.2) is 5.82 Å². The molecule has 1 N–H and O–H groups in total. The van der Waals surface area contributed by atoms with Gasteiger partial charge in [-0.25, -0.2) is 9.37 Å². The summed E-state index contributed by atoms with van der Waals surface area (Å²) in [6.07, 6.45) is 1.29. The van der Waals surface area contributed by atoms with Crippen LogP contribution >= 0.6 is 34.5 Å². The van der Waals surface area contributed by atoms with Gasteiger partial charge in [-0.05, 0) is 24.3 Å². The summed E-state index contributed by atoms with van der Waals surface area (Å²) in [7, 11) is 0. The van der Waals surface area contributed by atoms with E-state index in [-0.39, 0.29) is 16.9 Å². The summed E-state index contributed by atoms with van der Waals surface area (Å²) < 4.78 is 14.0. The molecule has 0 atom stereocenters. The molecule has 0 spiro atoms. The number of thiazole rings is 1. The SMILES string of the molecule is N#C/C(=C/Nc1ccc([N+](=O)[O-])cc1F)c1nc(-c2ccc(Cl)cc2Cl)cs1. The fourth-order valence-electron chi connectivity index (χ4n) is 2.24. The number of nitriles is 1. The standard InChI is InChI=1S/C18H9Cl2FN4O2S/c19-11-1-3-13(14(20)5-11)17-9-28-18(24-17)10(7-22)8-23-16-4-2-12(25(26)27)6-15(16)21/h1-6,8-9,23H/b10-8-. The van der Waals surface area contributed by atoms with E-state index < -0.39 is 10.7 Å². The Labute approximate surface area is 172 Å². The van der Waals surface area contributed by atoms with Gasteiger partial charge in [-0.15, -0.1) is 11.3 Å². The Bertz CT molecular complexity index is 1140. The Hall–Kier alpha value is -2.99. The van der Waals surface area contributed by atoms with Gasteiger partial charge in [0.2, 0.25) is 0 Å². The van der Waals surface area contributed by atoms with Crippen LogP contribution in [0.25, 0.3) is 16.8 Å². The molecule has 0 bridgehead atoms. The molecule has 3 rings (SSSR count). The van der Waals surface area contributed by atoms with E-state index in [9.17, 15) is 19.8 Å². The van der Waals surface area contributed by atoms with E-state index in [0.717, 1.165) is 12.1 Å². The summed E-state index contributed by atoms with van der Waals surface area (Å²) in [5.41, 5.74) is 1.04. The molecule has 3 aromatic rings. The van der Waals surface area contributed by atoms with Crippen molar-refractivity contribution in [3.05, 3.63) is 79.0 Å². The first kappa shape index (κ1) is 19.8. The number of nitro groups is 1. The lowest BCUT2D eigenvalue weighted by atomic mass is 10.2. The molecule has 0 saturated heterocycles. The molecule has 0 saturated carbocycles. The maximum atomic E-state index is 14.0. The van der Waals surface area contributed by atoms with Crippen molar-refractivity contribution < 1.29 is 9.31 Å². The predicted octanol–water partition coefficient (Wildman–Crippen LogP) is 6.14. The molecule has 6 nitrogen and oxygen atoms in total. The number of non-ortho nitro benzene ring substituents is 1. The first-order chi connectivity index (χ1) is 13.4. The van der Waals surface area contributed by atoms with Crippen molar-refractivity contribution >= 4 is 51.5 Å². The summed E-state index contributed by atoms with van der Waals surface area (Å²) in [6, 6.07) is 10.2. The minimum absolute atomic E-state index is 0.00382. The molecule has 0 radical (unpaired) electrons. The maximum Gasteiger partial charge on any atom is 0.272 e. The largest absolute Gasteiger partial charge is 0.358 e. The van der Waals surface area contributed by atoms with Gasteiger partial charge in [0.05, 0.1) is 27.4 Å². The Morgan fingerprint density at radius 2 is 2.11 bits per heavy atom. The highest BCUT2D eigenvalue weighted by atomic mass is 35.5. The van der Waals surface area contributed by atoms with Crippen LogP contribution in [0, 0.1) is 27.3 Å². The Kier molecular flexibility index (Phi) is 5.90. The van der Waals surface area contributed by atoms with Crippen LogP contribution in [0.15, 0.2) is 48.0 Å². The van der Waals surface area contributed by atoms with Crippen molar-refractivity contribution in [2.45, 2.75) is 0 Å². The summed E-state index contributed by atoms with van der Waals surface area (Å²) in [5, 5.41) is 25.8. The van der Waals surface area contributed by atoms with Gasteiger partial charge in [0.25, 0.3) is 5.69 Å². The van der Waals surface area contributed by atoms with Gasteiger partial charge in [-0.3, -0.25) is 10.1 Å². The summed E-state index contributed by atoms with van der Waals surface area (Å²) in [4.78, 5) is 14.4. The van der Waals surface area contributed by atoms with Crippen LogP contribution in [0.3, 0.4) is 0 Å². The quantitative estimate of drug-likeness (QED) is 0.295. The minimum Gasteiger partial charge on any atom is -0.358 e. The second-order valence-corrected chi connectivity index (χ2v) is 7.10. The molecule has 0 aliphatic carbocycles. The molecule has 1 heterocycles. The molecule has 0 unspecified atom stereocenters. The second kappa shape index (κ2) is 8.35. The van der Waals surface area contributed by atoms with Crippen LogP contribution in [-0.4, -0.2) is 9.91 Å². The first-order valence-electron chi connectivity index (χ1n) is 7.61. The third-order valence-electron chi connectivity index (χ3n) is 3.60.